The summed E-state index contributed by atoms with van der Waals surface area (Å²) in [4.78, 5) is 20.3. The molecule has 0 bridgehead atoms. The number of amides is 1. The fourth-order valence-electron chi connectivity index (χ4n) is 4.28. The Morgan fingerprint density at radius 3 is 2.46 bits per heavy atom. The number of nitrogens with zero attached hydrogens (tertiary/aromatic N) is 2. The summed E-state index contributed by atoms with van der Waals surface area (Å²) in [5.41, 5.74) is 2.69. The number of hydrogen-bond donors (Lipinski definition) is 0. The van der Waals surface area contributed by atoms with Gasteiger partial charge in [-0.2, -0.15) is 0 Å². The summed E-state index contributed by atoms with van der Waals surface area (Å²) >= 11 is 7.39. The number of amidine groups is 1. The fourth-order valence-corrected chi connectivity index (χ4v) is 5.43. The van der Waals surface area contributed by atoms with E-state index < -0.39 is 0 Å². The molecule has 1 aliphatic rings. The second kappa shape index (κ2) is 12.4. The molecule has 4 aromatic carbocycles. The van der Waals surface area contributed by atoms with Crippen LogP contribution in [0.2, 0.25) is 5.02 Å². The Labute approximate surface area is 238 Å². The van der Waals surface area contributed by atoms with Gasteiger partial charge in [0.2, 0.25) is 0 Å². The Balaban J connectivity index is 1.36. The Kier molecular flexibility index (Phi) is 8.54. The van der Waals surface area contributed by atoms with Crippen LogP contribution >= 0.6 is 23.4 Å². The maximum Gasteiger partial charge on any atom is 0.266 e. The van der Waals surface area contributed by atoms with Crippen LogP contribution in [0, 0.1) is 0 Å². The van der Waals surface area contributed by atoms with E-state index in [0.717, 1.165) is 23.2 Å². The van der Waals surface area contributed by atoms with E-state index >= 15 is 0 Å². The SMILES string of the molecule is CCCN1C(=O)/C(=C/c2ccc(OCc3ccc4ccccc4c3)c(OCC)c2)SC1=Nc1ccc(Cl)cc1. The van der Waals surface area contributed by atoms with Gasteiger partial charge >= 0.3 is 0 Å². The molecule has 0 unspecified atom stereocenters. The summed E-state index contributed by atoms with van der Waals surface area (Å²) in [7, 11) is 0. The quantitative estimate of drug-likeness (QED) is 0.194. The van der Waals surface area contributed by atoms with Crippen molar-refractivity contribution < 1.29 is 14.3 Å². The Bertz CT molecular complexity index is 1550. The number of benzene rings is 4. The van der Waals surface area contributed by atoms with Crippen LogP contribution in [0.3, 0.4) is 0 Å². The van der Waals surface area contributed by atoms with Crippen molar-refractivity contribution in [3.05, 3.63) is 106 Å². The smallest absolute Gasteiger partial charge is 0.266 e. The lowest BCUT2D eigenvalue weighted by molar-refractivity contribution is -0.122. The van der Waals surface area contributed by atoms with Crippen molar-refractivity contribution >= 4 is 57.0 Å². The highest BCUT2D eigenvalue weighted by atomic mass is 35.5. The van der Waals surface area contributed by atoms with Gasteiger partial charge in [0, 0.05) is 11.6 Å². The maximum atomic E-state index is 13.3. The highest BCUT2D eigenvalue weighted by Gasteiger charge is 2.32. The highest BCUT2D eigenvalue weighted by Crippen LogP contribution is 2.36. The van der Waals surface area contributed by atoms with Crippen molar-refractivity contribution in [2.24, 2.45) is 4.99 Å². The third-order valence-electron chi connectivity index (χ3n) is 6.16. The predicted octanol–water partition coefficient (Wildman–Crippen LogP) is 8.48. The van der Waals surface area contributed by atoms with Crippen LogP contribution in [0.25, 0.3) is 16.8 Å². The number of fused-ring (bicyclic) bond motifs is 1. The Hall–Kier alpha value is -3.74. The van der Waals surface area contributed by atoms with E-state index in [1.54, 1.807) is 17.0 Å². The molecule has 1 fully saturated rings. The zero-order chi connectivity index (χ0) is 27.2. The predicted molar refractivity (Wildman–Crippen MR) is 162 cm³/mol. The lowest BCUT2D eigenvalue weighted by Crippen LogP contribution is -2.29. The molecule has 0 atom stereocenters. The molecule has 198 valence electrons. The summed E-state index contributed by atoms with van der Waals surface area (Å²) in [6, 6.07) is 27.6. The van der Waals surface area contributed by atoms with E-state index in [1.165, 1.54) is 22.5 Å². The number of carbonyl (C=O) groups excluding carboxylic acids is 1. The zero-order valence-corrected chi connectivity index (χ0v) is 23.5. The first-order chi connectivity index (χ1) is 19.0. The van der Waals surface area contributed by atoms with E-state index in [-0.39, 0.29) is 5.91 Å². The minimum absolute atomic E-state index is 0.0517. The molecule has 7 heteroatoms. The summed E-state index contributed by atoms with van der Waals surface area (Å²) in [5.74, 6) is 1.25. The van der Waals surface area contributed by atoms with Gasteiger partial charge < -0.3 is 9.47 Å². The molecule has 1 heterocycles. The van der Waals surface area contributed by atoms with Crippen LogP contribution in [-0.4, -0.2) is 29.1 Å². The standard InChI is InChI=1S/C32H29ClN2O3S/c1-3-17-35-31(36)30(39-32(35)34-27-14-12-26(33)13-15-27)20-22-10-16-28(29(19-22)37-4-2)38-21-23-9-11-24-7-5-6-8-25(24)18-23/h5-16,18-20H,3-4,17,21H2,1-2H3/b30-20-,34-32?. The molecule has 5 rings (SSSR count). The van der Waals surface area contributed by atoms with Crippen LogP contribution in [0.15, 0.2) is 94.8 Å². The molecule has 0 aromatic heterocycles. The van der Waals surface area contributed by atoms with E-state index in [9.17, 15) is 4.79 Å². The molecule has 39 heavy (non-hydrogen) atoms. The van der Waals surface area contributed by atoms with Crippen LogP contribution in [0.5, 0.6) is 11.5 Å². The molecule has 1 amide bonds. The number of carbonyl (C=O) groups is 1. The third kappa shape index (κ3) is 6.47. The van der Waals surface area contributed by atoms with Gasteiger partial charge in [0.15, 0.2) is 16.7 Å². The average molecular weight is 557 g/mol. The molecule has 4 aromatic rings. The molecule has 5 nitrogen and oxygen atoms in total. The van der Waals surface area contributed by atoms with Gasteiger partial charge in [-0.1, -0.05) is 61.0 Å². The summed E-state index contributed by atoms with van der Waals surface area (Å²) in [5, 5.41) is 3.69. The minimum atomic E-state index is -0.0517. The number of thioether (sulfide) groups is 1. The normalized spacial score (nSPS) is 15.5. The number of rotatable bonds is 9. The summed E-state index contributed by atoms with van der Waals surface area (Å²) in [6.07, 6.45) is 2.71. The first-order valence-corrected chi connectivity index (χ1v) is 14.2. The topological polar surface area (TPSA) is 51.1 Å². The van der Waals surface area contributed by atoms with Gasteiger partial charge in [0.1, 0.15) is 6.61 Å². The van der Waals surface area contributed by atoms with Crippen LogP contribution < -0.4 is 9.47 Å². The van der Waals surface area contributed by atoms with Gasteiger partial charge in [-0.3, -0.25) is 9.69 Å². The lowest BCUT2D eigenvalue weighted by Gasteiger charge is -2.14. The first-order valence-electron chi connectivity index (χ1n) is 13.0. The van der Waals surface area contributed by atoms with E-state index in [1.807, 2.05) is 62.4 Å². The van der Waals surface area contributed by atoms with Gasteiger partial charge in [-0.05, 0) is 95.5 Å². The molecule has 0 spiro atoms. The van der Waals surface area contributed by atoms with Crippen molar-refractivity contribution in [3.8, 4) is 11.5 Å². The lowest BCUT2D eigenvalue weighted by atomic mass is 10.1. The number of hydrogen-bond acceptors (Lipinski definition) is 5. The van der Waals surface area contributed by atoms with Crippen LogP contribution in [0.4, 0.5) is 5.69 Å². The number of halogens is 1. The van der Waals surface area contributed by atoms with Crippen LogP contribution in [0.1, 0.15) is 31.4 Å². The molecule has 0 aliphatic carbocycles. The number of aliphatic imine (C=N–C) groups is 1. The molecule has 0 radical (unpaired) electrons. The second-order valence-corrected chi connectivity index (χ2v) is 10.5. The van der Waals surface area contributed by atoms with Crippen molar-refractivity contribution in [3.63, 3.8) is 0 Å². The van der Waals surface area contributed by atoms with Crippen molar-refractivity contribution in [2.45, 2.75) is 26.9 Å². The van der Waals surface area contributed by atoms with Crippen molar-refractivity contribution in [1.29, 1.82) is 0 Å². The van der Waals surface area contributed by atoms with E-state index in [2.05, 4.69) is 30.3 Å². The molecule has 1 aliphatic heterocycles. The third-order valence-corrected chi connectivity index (χ3v) is 7.42. The Morgan fingerprint density at radius 1 is 0.897 bits per heavy atom. The summed E-state index contributed by atoms with van der Waals surface area (Å²) in [6.45, 7) is 5.51. The van der Waals surface area contributed by atoms with Crippen molar-refractivity contribution in [1.82, 2.24) is 4.90 Å². The molecule has 1 saturated heterocycles. The minimum Gasteiger partial charge on any atom is -0.490 e. The van der Waals surface area contributed by atoms with Gasteiger partial charge in [-0.15, -0.1) is 0 Å². The molecule has 0 N–H and O–H groups in total. The monoisotopic (exact) mass is 556 g/mol. The molecular weight excluding hydrogens is 528 g/mol. The highest BCUT2D eigenvalue weighted by molar-refractivity contribution is 8.18. The summed E-state index contributed by atoms with van der Waals surface area (Å²) < 4.78 is 12.1. The van der Waals surface area contributed by atoms with Gasteiger partial charge in [0.25, 0.3) is 5.91 Å². The first kappa shape index (κ1) is 26.9. The maximum absolute atomic E-state index is 13.3. The van der Waals surface area contributed by atoms with Crippen molar-refractivity contribution in [2.75, 3.05) is 13.2 Å². The van der Waals surface area contributed by atoms with Crippen LogP contribution in [-0.2, 0) is 11.4 Å². The largest absolute Gasteiger partial charge is 0.490 e. The number of ether oxygens (including phenoxy) is 2. The van der Waals surface area contributed by atoms with E-state index in [4.69, 9.17) is 26.1 Å². The molecule has 0 saturated carbocycles. The fraction of sp³-hybridized carbons (Fsp3) is 0.188. The van der Waals surface area contributed by atoms with Gasteiger partial charge in [0.05, 0.1) is 17.2 Å². The average Bonchev–Trinajstić information content (AvgIpc) is 3.23. The Morgan fingerprint density at radius 2 is 1.69 bits per heavy atom. The molecular formula is C32H29ClN2O3S. The van der Waals surface area contributed by atoms with Gasteiger partial charge in [-0.25, -0.2) is 4.99 Å². The second-order valence-electron chi connectivity index (χ2n) is 9.05. The van der Waals surface area contributed by atoms with E-state index in [0.29, 0.717) is 46.4 Å². The zero-order valence-electron chi connectivity index (χ0n) is 21.9.